The fraction of sp³-hybridized carbons (Fsp3) is 0.609. The van der Waals surface area contributed by atoms with Gasteiger partial charge in [0.1, 0.15) is 16.5 Å². The summed E-state index contributed by atoms with van der Waals surface area (Å²) in [6.45, 7) is 8.25. The average molecular weight is 557 g/mol. The summed E-state index contributed by atoms with van der Waals surface area (Å²) in [5.41, 5.74) is 2.24. The Labute approximate surface area is 210 Å². The number of ether oxygens (including phenoxy) is 1. The fourth-order valence-corrected chi connectivity index (χ4v) is 6.90. The van der Waals surface area contributed by atoms with Crippen molar-refractivity contribution in [1.29, 1.82) is 0 Å². The summed E-state index contributed by atoms with van der Waals surface area (Å²) in [5, 5.41) is 3.01. The molecule has 11 heteroatoms. The second-order valence-electron chi connectivity index (χ2n) is 9.01. The molecule has 34 heavy (non-hydrogen) atoms. The molecule has 188 valence electrons. The summed E-state index contributed by atoms with van der Waals surface area (Å²) in [6, 6.07) is 4.56. The first-order valence-corrected chi connectivity index (χ1v) is 14.1. The minimum absolute atomic E-state index is 0.0778. The normalized spacial score (nSPS) is 25.0. The minimum Gasteiger partial charge on any atom is -0.494 e. The van der Waals surface area contributed by atoms with E-state index in [0.29, 0.717) is 56.3 Å². The molecule has 2 unspecified atom stereocenters. The molecule has 3 aliphatic heterocycles. The van der Waals surface area contributed by atoms with Crippen molar-refractivity contribution in [3.63, 3.8) is 0 Å². The lowest BCUT2D eigenvalue weighted by Gasteiger charge is -2.40. The Bertz CT molecular complexity index is 1070. The monoisotopic (exact) mass is 555 g/mol. The summed E-state index contributed by atoms with van der Waals surface area (Å²) >= 11 is 3.71. The molecule has 3 aliphatic rings. The van der Waals surface area contributed by atoms with Gasteiger partial charge in [-0.05, 0) is 60.1 Å². The summed E-state index contributed by atoms with van der Waals surface area (Å²) in [5.74, 6) is 0.433. The highest BCUT2D eigenvalue weighted by molar-refractivity contribution is 9.09. The quantitative estimate of drug-likeness (QED) is 0.405. The third kappa shape index (κ3) is 4.60. The zero-order valence-corrected chi connectivity index (χ0v) is 22.7. The molecule has 2 atom stereocenters. The number of alkyl halides is 1. The lowest BCUT2D eigenvalue weighted by molar-refractivity contribution is -0.118. The average Bonchev–Trinajstić information content (AvgIpc) is 3.14. The number of sulfonamides is 1. The second-order valence-corrected chi connectivity index (χ2v) is 11.8. The first-order chi connectivity index (χ1) is 16.2. The highest BCUT2D eigenvalue weighted by atomic mass is 79.9. The van der Waals surface area contributed by atoms with Crippen LogP contribution in [0.15, 0.2) is 34.4 Å². The smallest absolute Gasteiger partial charge is 0.268 e. The van der Waals surface area contributed by atoms with E-state index in [2.05, 4.69) is 38.0 Å². The van der Waals surface area contributed by atoms with Crippen molar-refractivity contribution in [2.75, 3.05) is 60.0 Å². The third-order valence-electron chi connectivity index (χ3n) is 6.69. The van der Waals surface area contributed by atoms with Crippen molar-refractivity contribution in [3.05, 3.63) is 35.0 Å². The van der Waals surface area contributed by atoms with Gasteiger partial charge < -0.3 is 19.9 Å². The molecule has 0 bridgehead atoms. The highest BCUT2D eigenvalue weighted by Crippen LogP contribution is 2.41. The van der Waals surface area contributed by atoms with Gasteiger partial charge in [-0.1, -0.05) is 6.92 Å². The van der Waals surface area contributed by atoms with E-state index in [1.54, 1.807) is 18.2 Å². The molecule has 0 saturated carbocycles. The van der Waals surface area contributed by atoms with Crippen LogP contribution in [0.3, 0.4) is 0 Å². The molecule has 1 aromatic carbocycles. The summed E-state index contributed by atoms with van der Waals surface area (Å²) in [7, 11) is 0.236. The predicted molar refractivity (Wildman–Crippen MR) is 134 cm³/mol. The SMILES string of the molecule is CCCN1CC2=C(C(=O)NC2c2cc(S(=O)(=O)N3CCN(C)CC3)ccc2OCC)N(C)C1Br. The van der Waals surface area contributed by atoms with E-state index >= 15 is 0 Å². The van der Waals surface area contributed by atoms with Gasteiger partial charge in [0.2, 0.25) is 10.0 Å². The van der Waals surface area contributed by atoms with Crippen molar-refractivity contribution in [2.45, 2.75) is 36.3 Å². The number of nitrogens with zero attached hydrogens (tertiary/aromatic N) is 4. The Kier molecular flexibility index (Phi) is 7.58. The first kappa shape index (κ1) is 25.4. The van der Waals surface area contributed by atoms with Gasteiger partial charge in [-0.15, -0.1) is 0 Å². The number of rotatable bonds is 7. The first-order valence-electron chi connectivity index (χ1n) is 11.8. The maximum absolute atomic E-state index is 13.5. The van der Waals surface area contributed by atoms with Gasteiger partial charge in [-0.2, -0.15) is 4.31 Å². The maximum Gasteiger partial charge on any atom is 0.268 e. The number of hydrogen-bond donors (Lipinski definition) is 1. The van der Waals surface area contributed by atoms with Crippen LogP contribution < -0.4 is 10.1 Å². The van der Waals surface area contributed by atoms with Crippen LogP contribution in [-0.4, -0.2) is 98.4 Å². The van der Waals surface area contributed by atoms with Crippen LogP contribution in [-0.2, 0) is 14.8 Å². The Morgan fingerprint density at radius 3 is 2.50 bits per heavy atom. The van der Waals surface area contributed by atoms with Gasteiger partial charge in [0, 0.05) is 51.9 Å². The number of amides is 1. The van der Waals surface area contributed by atoms with Crippen molar-refractivity contribution in [3.8, 4) is 5.75 Å². The molecular weight excluding hydrogens is 522 g/mol. The second kappa shape index (κ2) is 10.1. The number of halogens is 1. The Hall–Kier alpha value is -1.66. The molecule has 1 fully saturated rings. The maximum atomic E-state index is 13.5. The molecule has 1 saturated heterocycles. The lowest BCUT2D eigenvalue weighted by Crippen LogP contribution is -2.48. The van der Waals surface area contributed by atoms with Gasteiger partial charge in [0.25, 0.3) is 5.91 Å². The fourth-order valence-electron chi connectivity index (χ4n) is 4.88. The zero-order chi connectivity index (χ0) is 24.6. The van der Waals surface area contributed by atoms with Crippen LogP contribution in [0.2, 0.25) is 0 Å². The van der Waals surface area contributed by atoms with Crippen LogP contribution >= 0.6 is 15.9 Å². The van der Waals surface area contributed by atoms with Crippen LogP contribution in [0.25, 0.3) is 0 Å². The number of likely N-dealkylation sites (N-methyl/N-ethyl adjacent to an activating group) is 2. The number of nitrogens with one attached hydrogen (secondary N) is 1. The Morgan fingerprint density at radius 1 is 1.15 bits per heavy atom. The molecule has 1 N–H and O–H groups in total. The number of piperazine rings is 1. The lowest BCUT2D eigenvalue weighted by atomic mass is 9.97. The van der Waals surface area contributed by atoms with E-state index < -0.39 is 16.1 Å². The van der Waals surface area contributed by atoms with Crippen molar-refractivity contribution in [2.24, 2.45) is 0 Å². The standard InChI is InChI=1S/C23H34BrN5O4S/c1-5-9-28-15-18-20(25-22(30)21(18)27(4)23(28)24)17-14-16(7-8-19(17)33-6-2)34(31,32)29-12-10-26(3)11-13-29/h7-8,14,20,23H,5-6,9-13,15H2,1-4H3,(H,25,30). The number of hydrogen-bond acceptors (Lipinski definition) is 7. The number of carbonyl (C=O) groups is 1. The van der Waals surface area contributed by atoms with E-state index in [9.17, 15) is 13.2 Å². The van der Waals surface area contributed by atoms with Crippen LogP contribution in [0.4, 0.5) is 0 Å². The largest absolute Gasteiger partial charge is 0.494 e. The van der Waals surface area contributed by atoms with Crippen molar-refractivity contribution < 1.29 is 17.9 Å². The molecule has 1 amide bonds. The summed E-state index contributed by atoms with van der Waals surface area (Å²) < 4.78 is 34.3. The van der Waals surface area contributed by atoms with E-state index in [1.165, 1.54) is 4.31 Å². The molecule has 0 spiro atoms. The summed E-state index contributed by atoms with van der Waals surface area (Å²) in [6.07, 6.45) is 0.980. The van der Waals surface area contributed by atoms with Gasteiger partial charge in [-0.3, -0.25) is 9.69 Å². The van der Waals surface area contributed by atoms with Gasteiger partial charge in [0.15, 0.2) is 0 Å². The Morgan fingerprint density at radius 2 is 1.85 bits per heavy atom. The van der Waals surface area contributed by atoms with Crippen LogP contribution in [0.1, 0.15) is 31.9 Å². The minimum atomic E-state index is -3.66. The number of carbonyl (C=O) groups excluding carboxylic acids is 1. The van der Waals surface area contributed by atoms with E-state index in [1.807, 2.05) is 25.9 Å². The topological polar surface area (TPSA) is 85.4 Å². The summed E-state index contributed by atoms with van der Waals surface area (Å²) in [4.78, 5) is 19.6. The molecule has 0 aliphatic carbocycles. The molecule has 4 rings (SSSR count). The van der Waals surface area contributed by atoms with Crippen LogP contribution in [0.5, 0.6) is 5.75 Å². The molecule has 3 heterocycles. The van der Waals surface area contributed by atoms with Crippen molar-refractivity contribution >= 4 is 31.9 Å². The van der Waals surface area contributed by atoms with Crippen LogP contribution in [0, 0.1) is 0 Å². The predicted octanol–water partition coefficient (Wildman–Crippen LogP) is 1.78. The molecule has 9 nitrogen and oxygen atoms in total. The van der Waals surface area contributed by atoms with Gasteiger partial charge in [0.05, 0.1) is 17.5 Å². The molecule has 0 aromatic heterocycles. The van der Waals surface area contributed by atoms with Gasteiger partial charge >= 0.3 is 0 Å². The van der Waals surface area contributed by atoms with E-state index in [-0.39, 0.29) is 15.9 Å². The Balaban J connectivity index is 1.74. The molecular formula is C23H34BrN5O4S. The zero-order valence-electron chi connectivity index (χ0n) is 20.3. The third-order valence-corrected chi connectivity index (χ3v) is 9.78. The van der Waals surface area contributed by atoms with Gasteiger partial charge in [-0.25, -0.2) is 8.42 Å². The molecule has 0 radical (unpaired) electrons. The number of benzene rings is 1. The highest BCUT2D eigenvalue weighted by Gasteiger charge is 2.43. The van der Waals surface area contributed by atoms with Crippen molar-refractivity contribution in [1.82, 2.24) is 24.3 Å². The van der Waals surface area contributed by atoms with E-state index in [0.717, 1.165) is 18.5 Å². The van der Waals surface area contributed by atoms with E-state index in [4.69, 9.17) is 4.74 Å². The molecule has 1 aromatic rings.